The number of benzene rings is 1. The summed E-state index contributed by atoms with van der Waals surface area (Å²) in [6.45, 7) is 2.63. The zero-order valence-electron chi connectivity index (χ0n) is 13.5. The highest BCUT2D eigenvalue weighted by Gasteiger charge is 2.12. The van der Waals surface area contributed by atoms with E-state index in [2.05, 4.69) is 34.6 Å². The number of aromatic nitrogens is 2. The number of amides is 1. The number of carbonyl (C=O) groups is 1. The van der Waals surface area contributed by atoms with Crippen LogP contribution < -0.4 is 10.1 Å². The van der Waals surface area contributed by atoms with E-state index in [1.807, 2.05) is 12.1 Å². The van der Waals surface area contributed by atoms with Crippen molar-refractivity contribution in [1.82, 2.24) is 10.2 Å². The molecular weight excluding hydrogens is 378 g/mol. The van der Waals surface area contributed by atoms with Crippen LogP contribution in [0.1, 0.15) is 27.2 Å². The van der Waals surface area contributed by atoms with Gasteiger partial charge < -0.3 is 4.74 Å². The van der Waals surface area contributed by atoms with Crippen molar-refractivity contribution in [3.05, 3.63) is 56.2 Å². The maximum absolute atomic E-state index is 12.0. The van der Waals surface area contributed by atoms with Crippen LogP contribution in [0.2, 0.25) is 4.34 Å². The fourth-order valence-corrected chi connectivity index (χ4v) is 3.73. The molecular formula is C17H16ClN3O2S2. The first-order valence-corrected chi connectivity index (χ1v) is 9.76. The number of nitrogens with zero attached hydrogens (tertiary/aromatic N) is 2. The minimum atomic E-state index is -0.230. The molecule has 3 aromatic rings. The van der Waals surface area contributed by atoms with Crippen molar-refractivity contribution in [3.63, 3.8) is 0 Å². The molecule has 1 amide bonds. The van der Waals surface area contributed by atoms with Crippen molar-refractivity contribution in [2.45, 2.75) is 19.8 Å². The van der Waals surface area contributed by atoms with E-state index in [1.165, 1.54) is 28.2 Å². The average molecular weight is 394 g/mol. The summed E-state index contributed by atoms with van der Waals surface area (Å²) in [5.74, 6) is 0.608. The Kier molecular flexibility index (Phi) is 6.01. The first kappa shape index (κ1) is 17.8. The van der Waals surface area contributed by atoms with Gasteiger partial charge in [0.25, 0.3) is 5.91 Å². The molecule has 0 unspecified atom stereocenters. The van der Waals surface area contributed by atoms with Gasteiger partial charge >= 0.3 is 0 Å². The fourth-order valence-electron chi connectivity index (χ4n) is 2.08. The lowest BCUT2D eigenvalue weighted by Crippen LogP contribution is -2.09. The van der Waals surface area contributed by atoms with E-state index in [0.29, 0.717) is 27.4 Å². The summed E-state index contributed by atoms with van der Waals surface area (Å²) in [6.07, 6.45) is 1.64. The van der Waals surface area contributed by atoms with Gasteiger partial charge in [0.2, 0.25) is 5.13 Å². The zero-order valence-corrected chi connectivity index (χ0v) is 15.9. The van der Waals surface area contributed by atoms with Gasteiger partial charge in [0.05, 0.1) is 15.8 Å². The molecule has 2 aromatic heterocycles. The van der Waals surface area contributed by atoms with Crippen LogP contribution >= 0.6 is 34.3 Å². The molecule has 2 heterocycles. The van der Waals surface area contributed by atoms with E-state index in [0.717, 1.165) is 17.2 Å². The Bertz CT molecular complexity index is 846. The molecule has 0 saturated carbocycles. The Morgan fingerprint density at radius 3 is 2.64 bits per heavy atom. The molecule has 0 fully saturated rings. The number of anilines is 1. The molecule has 0 spiro atoms. The molecule has 25 heavy (non-hydrogen) atoms. The summed E-state index contributed by atoms with van der Waals surface area (Å²) >= 11 is 8.40. The van der Waals surface area contributed by atoms with Gasteiger partial charge in [0.1, 0.15) is 10.8 Å². The minimum Gasteiger partial charge on any atom is -0.493 e. The number of carbonyl (C=O) groups excluding carboxylic acids is 1. The van der Waals surface area contributed by atoms with Gasteiger partial charge in [-0.05, 0) is 36.2 Å². The van der Waals surface area contributed by atoms with Gasteiger partial charge in [0, 0.05) is 6.42 Å². The molecule has 1 aromatic carbocycles. The molecule has 0 aliphatic rings. The Morgan fingerprint density at radius 1 is 1.16 bits per heavy atom. The highest BCUT2D eigenvalue weighted by atomic mass is 35.5. The first-order valence-electron chi connectivity index (χ1n) is 7.75. The molecule has 0 radical (unpaired) electrons. The van der Waals surface area contributed by atoms with Crippen LogP contribution in [0.25, 0.3) is 0 Å². The predicted molar refractivity (Wildman–Crippen MR) is 102 cm³/mol. The molecule has 0 atom stereocenters. The SMILES string of the molecule is CCc1ccc(OCCc2nnc(NC(=O)c3ccc(Cl)s3)s2)cc1. The van der Waals surface area contributed by atoms with E-state index in [9.17, 15) is 4.79 Å². The largest absolute Gasteiger partial charge is 0.493 e. The first-order chi connectivity index (χ1) is 12.1. The maximum atomic E-state index is 12.0. The van der Waals surface area contributed by atoms with Crippen molar-refractivity contribution in [2.75, 3.05) is 11.9 Å². The fraction of sp³-hybridized carbons (Fsp3) is 0.235. The molecule has 3 rings (SSSR count). The number of aryl methyl sites for hydroxylation is 1. The van der Waals surface area contributed by atoms with Crippen molar-refractivity contribution in [2.24, 2.45) is 0 Å². The Hall–Kier alpha value is -1.96. The van der Waals surface area contributed by atoms with Crippen LogP contribution in [0, 0.1) is 0 Å². The van der Waals surface area contributed by atoms with Crippen molar-refractivity contribution in [1.29, 1.82) is 0 Å². The van der Waals surface area contributed by atoms with Crippen LogP contribution in [0.15, 0.2) is 36.4 Å². The summed E-state index contributed by atoms with van der Waals surface area (Å²) in [5, 5.41) is 12.1. The number of ether oxygens (including phenoxy) is 1. The standard InChI is InChI=1S/C17H16ClN3O2S2/c1-2-11-3-5-12(6-4-11)23-10-9-15-20-21-17(25-15)19-16(22)13-7-8-14(18)24-13/h3-8H,2,9-10H2,1H3,(H,19,21,22). The Labute approximate surface area is 158 Å². The van der Waals surface area contributed by atoms with Gasteiger partial charge in [-0.25, -0.2) is 0 Å². The van der Waals surface area contributed by atoms with Gasteiger partial charge in [-0.1, -0.05) is 42.0 Å². The number of nitrogens with one attached hydrogen (secondary N) is 1. The van der Waals surface area contributed by atoms with Crippen LogP contribution in [0.5, 0.6) is 5.75 Å². The summed E-state index contributed by atoms with van der Waals surface area (Å²) < 4.78 is 6.29. The second kappa shape index (κ2) is 8.42. The summed E-state index contributed by atoms with van der Waals surface area (Å²) in [6, 6.07) is 11.4. The second-order valence-corrected chi connectivity index (χ2v) is 7.93. The van der Waals surface area contributed by atoms with E-state index >= 15 is 0 Å². The number of halogens is 1. The average Bonchev–Trinajstić information content (AvgIpc) is 3.24. The van der Waals surface area contributed by atoms with Crippen LogP contribution in [-0.2, 0) is 12.8 Å². The molecule has 0 aliphatic heterocycles. The van der Waals surface area contributed by atoms with Crippen LogP contribution in [0.3, 0.4) is 0 Å². The summed E-state index contributed by atoms with van der Waals surface area (Å²) in [4.78, 5) is 12.6. The molecule has 0 saturated heterocycles. The Balaban J connectivity index is 1.48. The van der Waals surface area contributed by atoms with Gasteiger partial charge in [-0.15, -0.1) is 21.5 Å². The van der Waals surface area contributed by atoms with Gasteiger partial charge in [-0.2, -0.15) is 0 Å². The number of hydrogen-bond acceptors (Lipinski definition) is 6. The molecule has 0 aliphatic carbocycles. The van der Waals surface area contributed by atoms with Gasteiger partial charge in [0.15, 0.2) is 0 Å². The third-order valence-electron chi connectivity index (χ3n) is 3.40. The molecule has 5 nitrogen and oxygen atoms in total. The summed E-state index contributed by atoms with van der Waals surface area (Å²) in [7, 11) is 0. The normalized spacial score (nSPS) is 10.6. The third-order valence-corrected chi connectivity index (χ3v) is 5.53. The van der Waals surface area contributed by atoms with E-state index in [-0.39, 0.29) is 5.91 Å². The van der Waals surface area contributed by atoms with Crippen molar-refractivity contribution in [3.8, 4) is 5.75 Å². The predicted octanol–water partition coefficient (Wildman–Crippen LogP) is 4.69. The highest BCUT2D eigenvalue weighted by molar-refractivity contribution is 7.18. The van der Waals surface area contributed by atoms with Crippen molar-refractivity contribution < 1.29 is 9.53 Å². The van der Waals surface area contributed by atoms with Crippen LogP contribution in [0.4, 0.5) is 5.13 Å². The minimum absolute atomic E-state index is 0.230. The van der Waals surface area contributed by atoms with Crippen LogP contribution in [-0.4, -0.2) is 22.7 Å². The second-order valence-electron chi connectivity index (χ2n) is 5.15. The van der Waals surface area contributed by atoms with Crippen molar-refractivity contribution >= 4 is 45.3 Å². The van der Waals surface area contributed by atoms with E-state index in [1.54, 1.807) is 12.1 Å². The lowest BCUT2D eigenvalue weighted by molar-refractivity contribution is 0.103. The smallest absolute Gasteiger partial charge is 0.267 e. The molecule has 0 bridgehead atoms. The summed E-state index contributed by atoms with van der Waals surface area (Å²) in [5.41, 5.74) is 1.28. The topological polar surface area (TPSA) is 64.1 Å². The van der Waals surface area contributed by atoms with E-state index < -0.39 is 0 Å². The lowest BCUT2D eigenvalue weighted by atomic mass is 10.2. The maximum Gasteiger partial charge on any atom is 0.267 e. The monoisotopic (exact) mass is 393 g/mol. The van der Waals surface area contributed by atoms with E-state index in [4.69, 9.17) is 16.3 Å². The lowest BCUT2D eigenvalue weighted by Gasteiger charge is -2.05. The molecule has 130 valence electrons. The number of hydrogen-bond donors (Lipinski definition) is 1. The number of thiophene rings is 1. The highest BCUT2D eigenvalue weighted by Crippen LogP contribution is 2.23. The Morgan fingerprint density at radius 2 is 1.96 bits per heavy atom. The molecule has 8 heteroatoms. The molecule has 1 N–H and O–H groups in total. The quantitative estimate of drug-likeness (QED) is 0.632. The van der Waals surface area contributed by atoms with Gasteiger partial charge in [-0.3, -0.25) is 10.1 Å². The number of rotatable bonds is 7. The third kappa shape index (κ3) is 5.01. The zero-order chi connectivity index (χ0) is 17.6.